The maximum Gasteiger partial charge on any atom is 0.363 e. The van der Waals surface area contributed by atoms with E-state index in [0.717, 1.165) is 0 Å². The van der Waals surface area contributed by atoms with Crippen molar-refractivity contribution in [2.24, 2.45) is 0 Å². The number of hydrogen-bond acceptors (Lipinski definition) is 6. The number of hydrogen-bond donors (Lipinski definition) is 3. The predicted octanol–water partition coefficient (Wildman–Crippen LogP) is 0.228. The van der Waals surface area contributed by atoms with E-state index in [1.807, 2.05) is 0 Å². The molecular weight excluding hydrogens is 199 g/mol. The summed E-state index contributed by atoms with van der Waals surface area (Å²) in [6.45, 7) is 3.63. The molecule has 13 heavy (non-hydrogen) atoms. The predicted molar refractivity (Wildman–Crippen MR) is 44.8 cm³/mol. The van der Waals surface area contributed by atoms with Crippen LogP contribution in [0.25, 0.3) is 0 Å². The first kappa shape index (κ1) is 13.0. The molecule has 0 aromatic carbocycles. The molecule has 0 aliphatic rings. The van der Waals surface area contributed by atoms with Crippen molar-refractivity contribution in [2.75, 3.05) is 0 Å². The first-order valence-corrected chi connectivity index (χ1v) is 5.40. The fourth-order valence-electron chi connectivity index (χ4n) is 0.626. The average molecular weight is 214 g/mol. The lowest BCUT2D eigenvalue weighted by Gasteiger charge is -2.23. The third-order valence-electron chi connectivity index (χ3n) is 1.06. The van der Waals surface area contributed by atoms with Crippen LogP contribution in [0.15, 0.2) is 0 Å². The Morgan fingerprint density at radius 2 is 1.31 bits per heavy atom. The summed E-state index contributed by atoms with van der Waals surface area (Å²) in [4.78, 5) is 0. The SMILES string of the molecule is CC(O)OP(=O)(OC(C)O)C(C)O. The second-order valence-corrected chi connectivity index (χ2v) is 4.83. The van der Waals surface area contributed by atoms with Crippen molar-refractivity contribution in [3.05, 3.63) is 0 Å². The van der Waals surface area contributed by atoms with E-state index in [9.17, 15) is 4.57 Å². The highest BCUT2D eigenvalue weighted by molar-refractivity contribution is 7.54. The van der Waals surface area contributed by atoms with Crippen molar-refractivity contribution in [3.8, 4) is 0 Å². The maximum absolute atomic E-state index is 11.5. The van der Waals surface area contributed by atoms with E-state index in [2.05, 4.69) is 9.05 Å². The van der Waals surface area contributed by atoms with E-state index in [0.29, 0.717) is 0 Å². The second kappa shape index (κ2) is 5.05. The van der Waals surface area contributed by atoms with Crippen molar-refractivity contribution >= 4 is 7.60 Å². The summed E-state index contributed by atoms with van der Waals surface area (Å²) in [6.07, 6.45) is -2.67. The summed E-state index contributed by atoms with van der Waals surface area (Å²) in [7, 11) is -3.85. The first-order valence-electron chi connectivity index (χ1n) is 3.78. The normalized spacial score (nSPS) is 23.2. The Kier molecular flexibility index (Phi) is 5.06. The highest BCUT2D eigenvalue weighted by Gasteiger charge is 2.34. The fraction of sp³-hybridized carbons (Fsp3) is 1.00. The van der Waals surface area contributed by atoms with Crippen LogP contribution in [0.5, 0.6) is 0 Å². The van der Waals surface area contributed by atoms with E-state index in [-0.39, 0.29) is 0 Å². The van der Waals surface area contributed by atoms with Crippen LogP contribution in [-0.2, 0) is 13.6 Å². The summed E-state index contributed by atoms with van der Waals surface area (Å²) in [5, 5.41) is 26.6. The Morgan fingerprint density at radius 1 is 1.00 bits per heavy atom. The zero-order chi connectivity index (χ0) is 10.6. The molecule has 0 aromatic rings. The highest BCUT2D eigenvalue weighted by atomic mass is 31.2. The zero-order valence-electron chi connectivity index (χ0n) is 7.75. The molecule has 0 amide bonds. The van der Waals surface area contributed by atoms with E-state index in [4.69, 9.17) is 15.3 Å². The van der Waals surface area contributed by atoms with E-state index in [1.165, 1.54) is 20.8 Å². The lowest BCUT2D eigenvalue weighted by Crippen LogP contribution is -2.17. The molecule has 0 aliphatic heterocycles. The molecule has 0 saturated carbocycles. The van der Waals surface area contributed by atoms with E-state index < -0.39 is 26.0 Å². The van der Waals surface area contributed by atoms with Crippen molar-refractivity contribution in [3.63, 3.8) is 0 Å². The van der Waals surface area contributed by atoms with Crippen LogP contribution in [0.3, 0.4) is 0 Å². The van der Waals surface area contributed by atoms with Crippen LogP contribution in [-0.4, -0.2) is 33.7 Å². The van der Waals surface area contributed by atoms with Gasteiger partial charge in [0.2, 0.25) is 0 Å². The molecule has 0 saturated heterocycles. The largest absolute Gasteiger partial charge is 0.381 e. The van der Waals surface area contributed by atoms with Gasteiger partial charge >= 0.3 is 7.60 Å². The third kappa shape index (κ3) is 4.71. The Bertz CT molecular complexity index is 176. The van der Waals surface area contributed by atoms with Gasteiger partial charge in [-0.2, -0.15) is 0 Å². The molecule has 3 atom stereocenters. The van der Waals surface area contributed by atoms with Crippen molar-refractivity contribution < 1.29 is 28.9 Å². The standard InChI is InChI=1S/C6H15O6P/c1-4(7)11-13(10,6(3)9)12-5(2)8/h4-9H,1-3H3. The molecule has 0 rings (SSSR count). The minimum Gasteiger partial charge on any atom is -0.381 e. The van der Waals surface area contributed by atoms with Crippen molar-refractivity contribution in [1.82, 2.24) is 0 Å². The third-order valence-corrected chi connectivity index (χ3v) is 3.17. The van der Waals surface area contributed by atoms with Crippen LogP contribution >= 0.6 is 7.60 Å². The van der Waals surface area contributed by atoms with Gasteiger partial charge in [-0.05, 0) is 20.8 Å². The minimum atomic E-state index is -3.85. The van der Waals surface area contributed by atoms with Crippen LogP contribution in [0.2, 0.25) is 0 Å². The van der Waals surface area contributed by atoms with E-state index >= 15 is 0 Å². The minimum absolute atomic E-state index is 1.19. The summed E-state index contributed by atoms with van der Waals surface area (Å²) in [6, 6.07) is 0. The summed E-state index contributed by atoms with van der Waals surface area (Å²) in [5.74, 6) is -1.41. The lowest BCUT2D eigenvalue weighted by atomic mass is 10.8. The van der Waals surface area contributed by atoms with Gasteiger partial charge in [0.15, 0.2) is 18.4 Å². The molecule has 0 spiro atoms. The average Bonchev–Trinajstić information content (AvgIpc) is 1.82. The molecule has 7 heteroatoms. The van der Waals surface area contributed by atoms with Gasteiger partial charge in [0.1, 0.15) is 0 Å². The van der Waals surface area contributed by atoms with Gasteiger partial charge in [-0.15, -0.1) is 0 Å². The monoisotopic (exact) mass is 214 g/mol. The fourth-order valence-corrected chi connectivity index (χ4v) is 1.88. The summed E-state index contributed by atoms with van der Waals surface area (Å²) < 4.78 is 20.5. The topological polar surface area (TPSA) is 96.2 Å². The van der Waals surface area contributed by atoms with Crippen LogP contribution < -0.4 is 0 Å². The van der Waals surface area contributed by atoms with Crippen LogP contribution in [0, 0.1) is 0 Å². The molecule has 3 N–H and O–H groups in total. The molecular formula is C6H15O6P. The molecule has 6 nitrogen and oxygen atoms in total. The molecule has 80 valence electrons. The van der Waals surface area contributed by atoms with Gasteiger partial charge < -0.3 is 15.3 Å². The molecule has 0 aliphatic carbocycles. The smallest absolute Gasteiger partial charge is 0.363 e. The van der Waals surface area contributed by atoms with Crippen LogP contribution in [0.4, 0.5) is 0 Å². The lowest BCUT2D eigenvalue weighted by molar-refractivity contribution is -0.0599. The van der Waals surface area contributed by atoms with Gasteiger partial charge in [-0.25, -0.2) is 0 Å². The van der Waals surface area contributed by atoms with Gasteiger partial charge in [0, 0.05) is 0 Å². The zero-order valence-corrected chi connectivity index (χ0v) is 8.64. The first-order chi connectivity index (χ1) is 5.78. The maximum atomic E-state index is 11.5. The number of aliphatic hydroxyl groups excluding tert-OH is 3. The quantitative estimate of drug-likeness (QED) is 0.447. The van der Waals surface area contributed by atoms with Gasteiger partial charge in [0.05, 0.1) is 0 Å². The van der Waals surface area contributed by atoms with Crippen LogP contribution in [0.1, 0.15) is 20.8 Å². The van der Waals surface area contributed by atoms with E-state index in [1.54, 1.807) is 0 Å². The Labute approximate surface area is 76.6 Å². The Balaban J connectivity index is 4.45. The van der Waals surface area contributed by atoms with Gasteiger partial charge in [-0.3, -0.25) is 13.6 Å². The van der Waals surface area contributed by atoms with Crippen molar-refractivity contribution in [2.45, 2.75) is 39.2 Å². The molecule has 0 fully saturated rings. The molecule has 0 heterocycles. The number of aliphatic hydroxyl groups is 3. The molecule has 3 unspecified atom stereocenters. The number of rotatable bonds is 5. The Hall–Kier alpha value is 0.0300. The summed E-state index contributed by atoms with van der Waals surface area (Å²) in [5.41, 5.74) is 0. The summed E-state index contributed by atoms with van der Waals surface area (Å²) >= 11 is 0. The molecule has 0 aromatic heterocycles. The van der Waals surface area contributed by atoms with Crippen molar-refractivity contribution in [1.29, 1.82) is 0 Å². The highest BCUT2D eigenvalue weighted by Crippen LogP contribution is 2.53. The Morgan fingerprint density at radius 3 is 1.46 bits per heavy atom. The molecule has 0 radical (unpaired) electrons. The van der Waals surface area contributed by atoms with Gasteiger partial charge in [0.25, 0.3) is 0 Å². The second-order valence-electron chi connectivity index (χ2n) is 2.58. The molecule has 0 bridgehead atoms. The van der Waals surface area contributed by atoms with Gasteiger partial charge in [-0.1, -0.05) is 0 Å².